The van der Waals surface area contributed by atoms with Crippen molar-refractivity contribution in [2.45, 2.75) is 26.2 Å². The first-order valence-corrected chi connectivity index (χ1v) is 4.89. The number of aryl methyl sites for hydroxylation is 1. The Morgan fingerprint density at radius 2 is 2.07 bits per heavy atom. The van der Waals surface area contributed by atoms with E-state index in [0.29, 0.717) is 17.7 Å². The maximum Gasteiger partial charge on any atom is 0.226 e. The van der Waals surface area contributed by atoms with E-state index in [0.717, 1.165) is 0 Å². The molecule has 0 spiro atoms. The highest BCUT2D eigenvalue weighted by atomic mass is 19.1. The number of benzene rings is 1. The minimum Gasteiger partial charge on any atom is -0.353 e. The van der Waals surface area contributed by atoms with E-state index in [1.165, 1.54) is 12.1 Å². The highest BCUT2D eigenvalue weighted by Gasteiger charge is 2.22. The number of halogens is 1. The number of aliphatic hydroxyl groups is 2. The molecule has 1 rings (SSSR count). The topological polar surface area (TPSA) is 52.5 Å². The van der Waals surface area contributed by atoms with Gasteiger partial charge in [-0.25, -0.2) is 4.39 Å². The monoisotopic (exact) mass is 213 g/mol. The summed E-state index contributed by atoms with van der Waals surface area (Å²) >= 11 is 0. The lowest BCUT2D eigenvalue weighted by molar-refractivity contribution is -0.183. The van der Waals surface area contributed by atoms with E-state index < -0.39 is 5.91 Å². The lowest BCUT2D eigenvalue weighted by Crippen LogP contribution is -2.46. The normalized spacial score (nSPS) is 11.8. The first-order valence-electron chi connectivity index (χ1n) is 4.89. The quantitative estimate of drug-likeness (QED) is 0.652. The largest absolute Gasteiger partial charge is 0.353 e. The van der Waals surface area contributed by atoms with E-state index >= 15 is 0 Å². The van der Waals surface area contributed by atoms with E-state index in [1.807, 2.05) is 0 Å². The van der Waals surface area contributed by atoms with Gasteiger partial charge >= 0.3 is 0 Å². The maximum atomic E-state index is 12.8. The molecule has 0 heterocycles. The third-order valence-electron chi connectivity index (χ3n) is 2.20. The SMILES string of the molecule is CCNC(O)(O)Cc1ccc(F)cc1C. The molecule has 0 aliphatic carbocycles. The van der Waals surface area contributed by atoms with Crippen LogP contribution in [0, 0.1) is 12.7 Å². The number of hydrogen-bond donors (Lipinski definition) is 3. The standard InChI is InChI=1S/C11H16FNO2/c1-3-13-11(14,15)7-9-4-5-10(12)6-8(9)2/h4-6,13-15H,3,7H2,1-2H3. The summed E-state index contributed by atoms with van der Waals surface area (Å²) in [5.74, 6) is -2.25. The Balaban J connectivity index is 2.80. The molecular weight excluding hydrogens is 197 g/mol. The van der Waals surface area contributed by atoms with Gasteiger partial charge in [0.1, 0.15) is 5.82 Å². The van der Waals surface area contributed by atoms with Gasteiger partial charge in [-0.2, -0.15) is 0 Å². The van der Waals surface area contributed by atoms with Gasteiger partial charge in [0.2, 0.25) is 5.91 Å². The van der Waals surface area contributed by atoms with Crippen LogP contribution in [0.5, 0.6) is 0 Å². The van der Waals surface area contributed by atoms with Crippen molar-refractivity contribution in [1.29, 1.82) is 0 Å². The number of hydrogen-bond acceptors (Lipinski definition) is 3. The maximum absolute atomic E-state index is 12.8. The zero-order valence-corrected chi connectivity index (χ0v) is 8.92. The van der Waals surface area contributed by atoms with Gasteiger partial charge in [-0.05, 0) is 36.7 Å². The number of nitrogens with one attached hydrogen (secondary N) is 1. The fraction of sp³-hybridized carbons (Fsp3) is 0.455. The Bertz CT molecular complexity index is 339. The first kappa shape index (κ1) is 12.1. The molecule has 3 nitrogen and oxygen atoms in total. The molecule has 3 N–H and O–H groups in total. The predicted octanol–water partition coefficient (Wildman–Crippen LogP) is 0.925. The van der Waals surface area contributed by atoms with E-state index in [1.54, 1.807) is 19.9 Å². The summed E-state index contributed by atoms with van der Waals surface area (Å²) in [5.41, 5.74) is 1.42. The molecule has 0 aromatic heterocycles. The fourth-order valence-corrected chi connectivity index (χ4v) is 1.47. The van der Waals surface area contributed by atoms with Crippen LogP contribution in [0.3, 0.4) is 0 Å². The van der Waals surface area contributed by atoms with Gasteiger partial charge in [-0.1, -0.05) is 13.0 Å². The molecule has 1 aromatic carbocycles. The van der Waals surface area contributed by atoms with Gasteiger partial charge < -0.3 is 10.2 Å². The van der Waals surface area contributed by atoms with E-state index in [4.69, 9.17) is 0 Å². The van der Waals surface area contributed by atoms with Crippen LogP contribution in [0.4, 0.5) is 4.39 Å². The van der Waals surface area contributed by atoms with Crippen molar-refractivity contribution >= 4 is 0 Å². The molecule has 84 valence electrons. The summed E-state index contributed by atoms with van der Waals surface area (Å²) in [4.78, 5) is 0. The van der Waals surface area contributed by atoms with Crippen molar-refractivity contribution < 1.29 is 14.6 Å². The fourth-order valence-electron chi connectivity index (χ4n) is 1.47. The number of likely N-dealkylation sites (N-methyl/N-ethyl adjacent to an activating group) is 1. The van der Waals surface area contributed by atoms with Crippen molar-refractivity contribution in [3.63, 3.8) is 0 Å². The third kappa shape index (κ3) is 3.58. The molecule has 0 aliphatic rings. The van der Waals surface area contributed by atoms with Crippen LogP contribution in [0.1, 0.15) is 18.1 Å². The lowest BCUT2D eigenvalue weighted by Gasteiger charge is -2.23. The summed E-state index contributed by atoms with van der Waals surface area (Å²) in [5, 5.41) is 21.6. The predicted molar refractivity (Wildman–Crippen MR) is 55.7 cm³/mol. The molecule has 15 heavy (non-hydrogen) atoms. The van der Waals surface area contributed by atoms with Crippen LogP contribution in [-0.2, 0) is 6.42 Å². The van der Waals surface area contributed by atoms with Crippen LogP contribution in [-0.4, -0.2) is 22.7 Å². The second-order valence-electron chi connectivity index (χ2n) is 3.59. The Morgan fingerprint density at radius 3 is 2.60 bits per heavy atom. The molecule has 0 saturated carbocycles. The third-order valence-corrected chi connectivity index (χ3v) is 2.20. The summed E-state index contributed by atoms with van der Waals surface area (Å²) < 4.78 is 12.8. The summed E-state index contributed by atoms with van der Waals surface area (Å²) in [6.07, 6.45) is 0.0347. The molecule has 1 aromatic rings. The smallest absolute Gasteiger partial charge is 0.226 e. The minimum absolute atomic E-state index is 0.0347. The van der Waals surface area contributed by atoms with Gasteiger partial charge in [0.15, 0.2) is 0 Å². The molecule has 0 fully saturated rings. The summed E-state index contributed by atoms with van der Waals surface area (Å²) in [6, 6.07) is 4.24. The van der Waals surface area contributed by atoms with Gasteiger partial charge in [-0.15, -0.1) is 0 Å². The molecule has 0 amide bonds. The van der Waals surface area contributed by atoms with E-state index in [2.05, 4.69) is 5.32 Å². The second-order valence-corrected chi connectivity index (χ2v) is 3.59. The van der Waals surface area contributed by atoms with E-state index in [9.17, 15) is 14.6 Å². The highest BCUT2D eigenvalue weighted by Crippen LogP contribution is 2.14. The van der Waals surface area contributed by atoms with Crippen LogP contribution in [0.2, 0.25) is 0 Å². The second kappa shape index (κ2) is 4.70. The zero-order chi connectivity index (χ0) is 11.5. The zero-order valence-electron chi connectivity index (χ0n) is 8.92. The first-order chi connectivity index (χ1) is 6.94. The van der Waals surface area contributed by atoms with Crippen molar-refractivity contribution in [2.75, 3.05) is 6.54 Å². The van der Waals surface area contributed by atoms with Gasteiger partial charge in [0, 0.05) is 6.42 Å². The Morgan fingerprint density at radius 1 is 1.40 bits per heavy atom. The Labute approximate surface area is 88.6 Å². The van der Waals surface area contributed by atoms with E-state index in [-0.39, 0.29) is 12.2 Å². The van der Waals surface area contributed by atoms with Crippen molar-refractivity contribution in [3.8, 4) is 0 Å². The molecule has 0 unspecified atom stereocenters. The summed E-state index contributed by atoms with van der Waals surface area (Å²) in [6.45, 7) is 3.96. The highest BCUT2D eigenvalue weighted by molar-refractivity contribution is 5.27. The molecule has 0 atom stereocenters. The molecule has 0 radical (unpaired) electrons. The number of rotatable bonds is 4. The molecule has 0 bridgehead atoms. The van der Waals surface area contributed by atoms with Gasteiger partial charge in [0.05, 0.1) is 0 Å². The molecular formula is C11H16FNO2. The summed E-state index contributed by atoms with van der Waals surface area (Å²) in [7, 11) is 0. The van der Waals surface area contributed by atoms with Gasteiger partial charge in [-0.3, -0.25) is 5.32 Å². The van der Waals surface area contributed by atoms with Crippen LogP contribution < -0.4 is 5.32 Å². The molecule has 0 saturated heterocycles. The lowest BCUT2D eigenvalue weighted by atomic mass is 10.0. The van der Waals surface area contributed by atoms with Crippen molar-refractivity contribution in [3.05, 3.63) is 35.1 Å². The van der Waals surface area contributed by atoms with Gasteiger partial charge in [0.25, 0.3) is 0 Å². The Kier molecular flexibility index (Phi) is 3.79. The van der Waals surface area contributed by atoms with Crippen LogP contribution >= 0.6 is 0 Å². The van der Waals surface area contributed by atoms with Crippen molar-refractivity contribution in [1.82, 2.24) is 5.32 Å². The average Bonchev–Trinajstić information content (AvgIpc) is 2.09. The average molecular weight is 213 g/mol. The molecule has 0 aliphatic heterocycles. The molecule has 4 heteroatoms. The van der Waals surface area contributed by atoms with Crippen LogP contribution in [0.15, 0.2) is 18.2 Å². The van der Waals surface area contributed by atoms with Crippen molar-refractivity contribution in [2.24, 2.45) is 0 Å². The Hall–Kier alpha value is -0.970. The minimum atomic E-state index is -1.93. The van der Waals surface area contributed by atoms with Crippen LogP contribution in [0.25, 0.3) is 0 Å².